The molecule has 1 aliphatic carbocycles. The molecule has 2 aromatic heterocycles. The van der Waals surface area contributed by atoms with E-state index in [2.05, 4.69) is 15.4 Å². The van der Waals surface area contributed by atoms with E-state index in [1.807, 2.05) is 4.90 Å². The van der Waals surface area contributed by atoms with Gasteiger partial charge in [-0.05, 0) is 19.3 Å². The van der Waals surface area contributed by atoms with Crippen LogP contribution in [0.2, 0.25) is 0 Å². The van der Waals surface area contributed by atoms with Gasteiger partial charge in [-0.3, -0.25) is 4.79 Å². The van der Waals surface area contributed by atoms with Crippen molar-refractivity contribution in [2.75, 3.05) is 13.1 Å². The molecule has 5 rings (SSSR count). The quantitative estimate of drug-likeness (QED) is 0.833. The van der Waals surface area contributed by atoms with Gasteiger partial charge in [0, 0.05) is 37.9 Å². The number of amides is 1. The summed E-state index contributed by atoms with van der Waals surface area (Å²) in [5.74, 6) is 2.79. The van der Waals surface area contributed by atoms with Gasteiger partial charge in [-0.25, -0.2) is 0 Å². The Morgan fingerprint density at radius 2 is 2.20 bits per heavy atom. The highest BCUT2D eigenvalue weighted by Crippen LogP contribution is 2.40. The second kappa shape index (κ2) is 5.66. The van der Waals surface area contributed by atoms with E-state index in [1.54, 1.807) is 13.0 Å². The first-order chi connectivity index (χ1) is 12.2. The highest BCUT2D eigenvalue weighted by Gasteiger charge is 2.44. The fourth-order valence-electron chi connectivity index (χ4n) is 3.89. The summed E-state index contributed by atoms with van der Waals surface area (Å²) in [6.45, 7) is 3.09. The molecule has 0 spiro atoms. The normalized spacial score (nSPS) is 28.5. The molecule has 25 heavy (non-hydrogen) atoms. The lowest BCUT2D eigenvalue weighted by Gasteiger charge is -2.17. The number of hydrogen-bond donors (Lipinski definition) is 0. The lowest BCUT2D eigenvalue weighted by Crippen LogP contribution is -2.31. The van der Waals surface area contributed by atoms with E-state index in [-0.39, 0.29) is 18.1 Å². The Kier molecular flexibility index (Phi) is 3.41. The van der Waals surface area contributed by atoms with Crippen LogP contribution in [0.15, 0.2) is 15.0 Å². The third kappa shape index (κ3) is 2.84. The molecule has 2 saturated heterocycles. The van der Waals surface area contributed by atoms with Gasteiger partial charge in [0.15, 0.2) is 5.69 Å². The molecule has 0 radical (unpaired) electrons. The van der Waals surface area contributed by atoms with Crippen molar-refractivity contribution < 1.29 is 18.5 Å². The molecule has 0 N–H and O–H groups in total. The maximum Gasteiger partial charge on any atom is 0.276 e. The molecule has 1 amide bonds. The highest BCUT2D eigenvalue weighted by molar-refractivity contribution is 5.92. The minimum atomic E-state index is -0.0577. The lowest BCUT2D eigenvalue weighted by molar-refractivity contribution is 0.0334. The van der Waals surface area contributed by atoms with E-state index in [4.69, 9.17) is 13.7 Å². The van der Waals surface area contributed by atoms with Crippen LogP contribution < -0.4 is 0 Å². The topological polar surface area (TPSA) is 94.5 Å². The average molecular weight is 344 g/mol. The zero-order valence-electron chi connectivity index (χ0n) is 14.1. The molecule has 132 valence electrons. The first kappa shape index (κ1) is 15.1. The number of likely N-dealkylation sites (tertiary alicyclic amines) is 1. The molecule has 2 aliphatic heterocycles. The number of rotatable bonds is 4. The summed E-state index contributed by atoms with van der Waals surface area (Å²) >= 11 is 0. The number of fused-ring (bicyclic) bond motifs is 1. The Balaban J connectivity index is 1.19. The van der Waals surface area contributed by atoms with Crippen molar-refractivity contribution >= 4 is 5.91 Å². The molecule has 3 fully saturated rings. The summed E-state index contributed by atoms with van der Waals surface area (Å²) in [4.78, 5) is 14.5. The zero-order valence-corrected chi connectivity index (χ0v) is 14.1. The van der Waals surface area contributed by atoms with Gasteiger partial charge < -0.3 is 18.6 Å². The van der Waals surface area contributed by atoms with Gasteiger partial charge in [-0.15, -0.1) is 10.2 Å². The summed E-state index contributed by atoms with van der Waals surface area (Å²) in [6, 6.07) is 1.80. The Morgan fingerprint density at radius 3 is 2.92 bits per heavy atom. The van der Waals surface area contributed by atoms with E-state index in [0.29, 0.717) is 48.8 Å². The summed E-state index contributed by atoms with van der Waals surface area (Å²) in [5.41, 5.74) is 0.416. The van der Waals surface area contributed by atoms with Crippen LogP contribution in [-0.2, 0) is 11.2 Å². The minimum absolute atomic E-state index is 0.0577. The third-order valence-corrected chi connectivity index (χ3v) is 5.30. The van der Waals surface area contributed by atoms with Gasteiger partial charge in [0.1, 0.15) is 5.76 Å². The smallest absolute Gasteiger partial charge is 0.276 e. The van der Waals surface area contributed by atoms with Crippen LogP contribution in [0.4, 0.5) is 0 Å². The number of aryl methyl sites for hydroxylation is 1. The molecular weight excluding hydrogens is 324 g/mol. The van der Waals surface area contributed by atoms with Crippen molar-refractivity contribution in [3.05, 3.63) is 29.3 Å². The Hall–Kier alpha value is -2.22. The van der Waals surface area contributed by atoms with Crippen molar-refractivity contribution in [1.82, 2.24) is 20.3 Å². The summed E-state index contributed by atoms with van der Waals surface area (Å²) < 4.78 is 16.8. The molecule has 8 heteroatoms. The molecule has 1 saturated carbocycles. The molecule has 3 atom stereocenters. The van der Waals surface area contributed by atoms with Gasteiger partial charge in [0.2, 0.25) is 11.8 Å². The number of nitrogens with zero attached hydrogens (tertiary/aromatic N) is 4. The SMILES string of the molecule is Cc1nnc(C[C@@H]2C[C@@H]3CN(C(=O)c4cc(C5CC5)on4)C[C@@H]3O2)o1. The molecule has 3 aliphatic rings. The number of carbonyl (C=O) groups is 1. The van der Waals surface area contributed by atoms with E-state index < -0.39 is 0 Å². The molecular formula is C17H20N4O4. The van der Waals surface area contributed by atoms with E-state index in [1.165, 1.54) is 0 Å². The predicted octanol–water partition coefficient (Wildman–Crippen LogP) is 1.72. The fourth-order valence-corrected chi connectivity index (χ4v) is 3.89. The van der Waals surface area contributed by atoms with Crippen LogP contribution in [-0.4, -0.2) is 51.5 Å². The van der Waals surface area contributed by atoms with Crippen LogP contribution in [0, 0.1) is 12.8 Å². The van der Waals surface area contributed by atoms with Crippen molar-refractivity contribution in [3.8, 4) is 0 Å². The number of aromatic nitrogens is 3. The molecule has 0 unspecified atom stereocenters. The highest BCUT2D eigenvalue weighted by atomic mass is 16.5. The molecule has 4 heterocycles. The minimum Gasteiger partial charge on any atom is -0.426 e. The van der Waals surface area contributed by atoms with Crippen LogP contribution in [0.3, 0.4) is 0 Å². The molecule has 0 aromatic carbocycles. The Bertz CT molecular complexity index is 782. The lowest BCUT2D eigenvalue weighted by atomic mass is 10.0. The van der Waals surface area contributed by atoms with Crippen molar-refractivity contribution in [1.29, 1.82) is 0 Å². The van der Waals surface area contributed by atoms with Gasteiger partial charge in [0.25, 0.3) is 5.91 Å². The Labute approximate surface area is 144 Å². The maximum absolute atomic E-state index is 12.6. The first-order valence-corrected chi connectivity index (χ1v) is 8.86. The van der Waals surface area contributed by atoms with Crippen LogP contribution in [0.25, 0.3) is 0 Å². The monoisotopic (exact) mass is 344 g/mol. The van der Waals surface area contributed by atoms with Crippen molar-refractivity contribution in [3.63, 3.8) is 0 Å². The van der Waals surface area contributed by atoms with Crippen LogP contribution in [0.5, 0.6) is 0 Å². The van der Waals surface area contributed by atoms with E-state index in [9.17, 15) is 4.79 Å². The summed E-state index contributed by atoms with van der Waals surface area (Å²) in [5, 5.41) is 11.8. The number of ether oxygens (including phenoxy) is 1. The van der Waals surface area contributed by atoms with Crippen LogP contribution in [0.1, 0.15) is 53.2 Å². The van der Waals surface area contributed by atoms with E-state index >= 15 is 0 Å². The second-order valence-electron chi connectivity index (χ2n) is 7.31. The summed E-state index contributed by atoms with van der Waals surface area (Å²) in [6.07, 6.45) is 3.96. The second-order valence-corrected chi connectivity index (χ2v) is 7.31. The van der Waals surface area contributed by atoms with Crippen molar-refractivity contribution in [2.24, 2.45) is 5.92 Å². The average Bonchev–Trinajstić information content (AvgIpc) is 2.93. The maximum atomic E-state index is 12.6. The van der Waals surface area contributed by atoms with Gasteiger partial charge >= 0.3 is 0 Å². The predicted molar refractivity (Wildman–Crippen MR) is 83.9 cm³/mol. The standard InChI is InChI=1S/C17H20N4O4/c1-9-18-19-16(23-9)5-12-4-11-7-21(8-15(11)24-12)17(22)13-6-14(25-20-13)10-2-3-10/h6,10-12,15H,2-5,7-8H2,1H3/t11-,12+,15+/m1/s1. The van der Waals surface area contributed by atoms with Crippen LogP contribution >= 0.6 is 0 Å². The molecule has 0 bridgehead atoms. The van der Waals surface area contributed by atoms with Gasteiger partial charge in [-0.1, -0.05) is 5.16 Å². The zero-order chi connectivity index (χ0) is 17.0. The number of carbonyl (C=O) groups excluding carboxylic acids is 1. The largest absolute Gasteiger partial charge is 0.426 e. The van der Waals surface area contributed by atoms with Gasteiger partial charge in [0.05, 0.1) is 18.6 Å². The molecule has 8 nitrogen and oxygen atoms in total. The van der Waals surface area contributed by atoms with E-state index in [0.717, 1.165) is 25.0 Å². The fraction of sp³-hybridized carbons (Fsp3) is 0.647. The van der Waals surface area contributed by atoms with Crippen molar-refractivity contribution in [2.45, 2.75) is 50.7 Å². The summed E-state index contributed by atoms with van der Waals surface area (Å²) in [7, 11) is 0. The number of hydrogen-bond acceptors (Lipinski definition) is 7. The molecule has 2 aromatic rings. The Morgan fingerprint density at radius 1 is 1.32 bits per heavy atom. The van der Waals surface area contributed by atoms with Gasteiger partial charge in [-0.2, -0.15) is 0 Å². The third-order valence-electron chi connectivity index (χ3n) is 5.30. The first-order valence-electron chi connectivity index (χ1n) is 8.86.